The lowest BCUT2D eigenvalue weighted by atomic mass is 10.1. The molecule has 11 heteroatoms. The number of hydrogen-bond acceptors (Lipinski definition) is 9. The predicted molar refractivity (Wildman–Crippen MR) is 95.6 cm³/mol. The Morgan fingerprint density at radius 3 is 2.62 bits per heavy atom. The van der Waals surface area contributed by atoms with E-state index in [1.54, 1.807) is 0 Å². The number of methoxy groups -OCH3 is 2. The number of amides is 1. The molecule has 1 aromatic carbocycles. The zero-order valence-electron chi connectivity index (χ0n) is 13.9. The topological polar surface area (TPSA) is 122 Å². The molecule has 0 N–H and O–H groups in total. The molecule has 1 fully saturated rings. The van der Waals surface area contributed by atoms with Crippen molar-refractivity contribution in [1.82, 2.24) is 4.90 Å². The van der Waals surface area contributed by atoms with Crippen LogP contribution in [0.3, 0.4) is 0 Å². The number of thiocarbonyl (C=S) groups is 1. The Labute approximate surface area is 157 Å². The van der Waals surface area contributed by atoms with E-state index < -0.39 is 34.3 Å². The number of thioether (sulfide) groups is 1. The molecule has 0 spiro atoms. The van der Waals surface area contributed by atoms with Crippen molar-refractivity contribution in [1.29, 1.82) is 0 Å². The number of benzene rings is 1. The van der Waals surface area contributed by atoms with Gasteiger partial charge in [-0.15, -0.1) is 0 Å². The van der Waals surface area contributed by atoms with Crippen molar-refractivity contribution >= 4 is 51.9 Å². The van der Waals surface area contributed by atoms with Crippen LogP contribution in [0.4, 0.5) is 5.69 Å². The summed E-state index contributed by atoms with van der Waals surface area (Å²) in [6.45, 7) is 1.47. The smallest absolute Gasteiger partial charge is 0.328 e. The first-order valence-electron chi connectivity index (χ1n) is 7.09. The Balaban J connectivity index is 2.43. The molecule has 138 valence electrons. The van der Waals surface area contributed by atoms with Gasteiger partial charge in [0.1, 0.15) is 16.1 Å². The quantitative estimate of drug-likeness (QED) is 0.239. The minimum Gasteiger partial charge on any atom is -0.865 e. The monoisotopic (exact) mass is 397 g/mol. The molecule has 2 rings (SSSR count). The van der Waals surface area contributed by atoms with Crippen LogP contribution in [0.15, 0.2) is 17.0 Å². The molecule has 26 heavy (non-hydrogen) atoms. The molecule has 1 aromatic rings. The van der Waals surface area contributed by atoms with Crippen molar-refractivity contribution in [2.45, 2.75) is 13.0 Å². The molecule has 1 saturated heterocycles. The fraction of sp³-hybridized carbons (Fsp3) is 0.267. The second-order valence-electron chi connectivity index (χ2n) is 5.08. The van der Waals surface area contributed by atoms with Gasteiger partial charge in [-0.1, -0.05) is 24.0 Å². The van der Waals surface area contributed by atoms with E-state index in [0.29, 0.717) is 0 Å². The van der Waals surface area contributed by atoms with Crippen molar-refractivity contribution in [3.8, 4) is 11.5 Å². The number of esters is 1. The zero-order chi connectivity index (χ0) is 19.6. The summed E-state index contributed by atoms with van der Waals surface area (Å²) in [5.41, 5.74) is -0.451. The fourth-order valence-electron chi connectivity index (χ4n) is 2.22. The van der Waals surface area contributed by atoms with Gasteiger partial charge in [0.15, 0.2) is 0 Å². The summed E-state index contributed by atoms with van der Waals surface area (Å²) in [6, 6.07) is 1.42. The van der Waals surface area contributed by atoms with Crippen LogP contribution in [-0.2, 0) is 14.3 Å². The Bertz CT molecular complexity index is 838. The standard InChI is InChI=1S/C15H14N2O7S2/c1-7(14(20)24-3)16-13(19)11(26-15(16)25)6-8-4-9(17(21)22)12(18)10(5-8)23-2/h4-7,18H,1-3H3/p-1/b11-6-/t7-/m1/s1. The molecule has 0 aliphatic carbocycles. The SMILES string of the molecule is COC(=O)[C@@H](C)N1C(=O)/C(=C/c2cc(OC)c([O-])c([N+](=O)[O-])c2)SC1=S. The highest BCUT2D eigenvalue weighted by molar-refractivity contribution is 8.26. The van der Waals surface area contributed by atoms with Crippen LogP contribution in [0.5, 0.6) is 11.5 Å². The number of rotatable bonds is 5. The molecule has 1 aliphatic heterocycles. The maximum atomic E-state index is 12.5. The van der Waals surface area contributed by atoms with E-state index in [4.69, 9.17) is 17.0 Å². The summed E-state index contributed by atoms with van der Waals surface area (Å²) in [5.74, 6) is -2.24. The highest BCUT2D eigenvalue weighted by Crippen LogP contribution is 2.38. The summed E-state index contributed by atoms with van der Waals surface area (Å²) in [5, 5.41) is 22.9. The van der Waals surface area contributed by atoms with Gasteiger partial charge in [-0.2, -0.15) is 0 Å². The molecule has 0 radical (unpaired) electrons. The number of carbonyl (C=O) groups is 2. The van der Waals surface area contributed by atoms with E-state index in [9.17, 15) is 24.8 Å². The van der Waals surface area contributed by atoms with Gasteiger partial charge >= 0.3 is 5.97 Å². The van der Waals surface area contributed by atoms with E-state index >= 15 is 0 Å². The first-order valence-corrected chi connectivity index (χ1v) is 8.32. The van der Waals surface area contributed by atoms with E-state index in [1.807, 2.05) is 0 Å². The van der Waals surface area contributed by atoms with Gasteiger partial charge in [-0.05, 0) is 24.6 Å². The summed E-state index contributed by atoms with van der Waals surface area (Å²) < 4.78 is 9.63. The normalized spacial score (nSPS) is 16.7. The maximum absolute atomic E-state index is 12.5. The number of nitro groups is 1. The average Bonchev–Trinajstić information content (AvgIpc) is 2.88. The van der Waals surface area contributed by atoms with Crippen LogP contribution in [-0.4, -0.2) is 46.3 Å². The second-order valence-corrected chi connectivity index (χ2v) is 6.76. The van der Waals surface area contributed by atoms with Crippen LogP contribution < -0.4 is 9.84 Å². The first kappa shape index (κ1) is 19.7. The van der Waals surface area contributed by atoms with Crippen LogP contribution in [0.1, 0.15) is 12.5 Å². The minimum absolute atomic E-state index is 0.153. The zero-order valence-corrected chi connectivity index (χ0v) is 15.5. The highest BCUT2D eigenvalue weighted by atomic mass is 32.2. The predicted octanol–water partition coefficient (Wildman–Crippen LogP) is 1.44. The molecule has 0 bridgehead atoms. The van der Waals surface area contributed by atoms with Crippen molar-refractivity contribution in [2.75, 3.05) is 14.2 Å². The van der Waals surface area contributed by atoms with E-state index in [2.05, 4.69) is 4.74 Å². The van der Waals surface area contributed by atoms with Crippen molar-refractivity contribution in [2.24, 2.45) is 0 Å². The molecular formula is C15H13N2O7S2-. The Kier molecular flexibility index (Phi) is 5.83. The van der Waals surface area contributed by atoms with Crippen LogP contribution in [0, 0.1) is 10.1 Å². The van der Waals surface area contributed by atoms with Crippen molar-refractivity contribution in [3.05, 3.63) is 32.7 Å². The van der Waals surface area contributed by atoms with Gasteiger partial charge in [0.25, 0.3) is 11.6 Å². The molecule has 1 heterocycles. The number of hydrogen-bond donors (Lipinski definition) is 0. The van der Waals surface area contributed by atoms with Gasteiger partial charge in [0.05, 0.1) is 24.0 Å². The lowest BCUT2D eigenvalue weighted by molar-refractivity contribution is -0.398. The molecule has 1 atom stereocenters. The number of nitro benzene ring substituents is 1. The van der Waals surface area contributed by atoms with Gasteiger partial charge in [0, 0.05) is 11.8 Å². The minimum atomic E-state index is -0.911. The average molecular weight is 397 g/mol. The van der Waals surface area contributed by atoms with E-state index in [0.717, 1.165) is 22.7 Å². The van der Waals surface area contributed by atoms with Gasteiger partial charge in [-0.25, -0.2) is 4.79 Å². The Hall–Kier alpha value is -2.66. The number of carbonyl (C=O) groups excluding carboxylic acids is 2. The Morgan fingerprint density at radius 1 is 1.42 bits per heavy atom. The maximum Gasteiger partial charge on any atom is 0.328 e. The lowest BCUT2D eigenvalue weighted by Gasteiger charge is -2.20. The third kappa shape index (κ3) is 3.63. The molecular weight excluding hydrogens is 384 g/mol. The number of nitrogens with zero attached hydrogens (tertiary/aromatic N) is 2. The van der Waals surface area contributed by atoms with Crippen LogP contribution >= 0.6 is 24.0 Å². The molecule has 0 saturated carbocycles. The summed E-state index contributed by atoms with van der Waals surface area (Å²) in [7, 11) is 2.41. The summed E-state index contributed by atoms with van der Waals surface area (Å²) in [6.07, 6.45) is 1.35. The highest BCUT2D eigenvalue weighted by Gasteiger charge is 2.38. The largest absolute Gasteiger partial charge is 0.865 e. The van der Waals surface area contributed by atoms with Crippen molar-refractivity contribution in [3.63, 3.8) is 0 Å². The molecule has 1 amide bonds. The van der Waals surface area contributed by atoms with E-state index in [1.165, 1.54) is 33.3 Å². The van der Waals surface area contributed by atoms with Crippen LogP contribution in [0.2, 0.25) is 0 Å². The van der Waals surface area contributed by atoms with Gasteiger partial charge in [-0.3, -0.25) is 19.8 Å². The fourth-order valence-corrected chi connectivity index (χ4v) is 3.64. The van der Waals surface area contributed by atoms with Crippen LogP contribution in [0.25, 0.3) is 6.08 Å². The molecule has 0 unspecified atom stereocenters. The Morgan fingerprint density at radius 2 is 2.08 bits per heavy atom. The second kappa shape index (κ2) is 7.70. The molecule has 1 aliphatic rings. The summed E-state index contributed by atoms with van der Waals surface area (Å²) in [4.78, 5) is 35.7. The van der Waals surface area contributed by atoms with Crippen molar-refractivity contribution < 1.29 is 29.1 Å². The lowest BCUT2D eigenvalue weighted by Crippen LogP contribution is -2.42. The van der Waals surface area contributed by atoms with Gasteiger partial charge < -0.3 is 14.6 Å². The summed E-state index contributed by atoms with van der Waals surface area (Å²) >= 11 is 6.06. The number of ether oxygens (including phenoxy) is 2. The third-order valence-electron chi connectivity index (χ3n) is 3.53. The van der Waals surface area contributed by atoms with Gasteiger partial charge in [0.2, 0.25) is 0 Å². The molecule has 0 aromatic heterocycles. The first-order chi connectivity index (χ1) is 12.2. The third-order valence-corrected chi connectivity index (χ3v) is 4.86. The molecule has 9 nitrogen and oxygen atoms in total. The van der Waals surface area contributed by atoms with E-state index in [-0.39, 0.29) is 20.5 Å².